The zero-order valence-electron chi connectivity index (χ0n) is 8.57. The highest BCUT2D eigenvalue weighted by atomic mass is 19.4. The van der Waals surface area contributed by atoms with Gasteiger partial charge in [0.05, 0.1) is 0 Å². The third-order valence-electron chi connectivity index (χ3n) is 1.58. The lowest BCUT2D eigenvalue weighted by molar-refractivity contribution is -0.173. The molecule has 0 rings (SSSR count). The molecule has 5 heteroatoms. The zero-order valence-corrected chi connectivity index (χ0v) is 8.57. The number of hydrogen-bond donors (Lipinski definition) is 1. The van der Waals surface area contributed by atoms with Crippen LogP contribution in [-0.2, 0) is 4.74 Å². The highest BCUT2D eigenvalue weighted by molar-refractivity contribution is 4.83. The molecule has 0 atom stereocenters. The average Bonchev–Trinajstić information content (AvgIpc) is 2.14. The van der Waals surface area contributed by atoms with Crippen molar-refractivity contribution in [3.05, 3.63) is 0 Å². The lowest BCUT2D eigenvalue weighted by Crippen LogP contribution is -2.21. The van der Waals surface area contributed by atoms with Crippen molar-refractivity contribution in [3.8, 4) is 12.3 Å². The molecule has 0 unspecified atom stereocenters. The van der Waals surface area contributed by atoms with Crippen molar-refractivity contribution < 1.29 is 17.9 Å². The van der Waals surface area contributed by atoms with Gasteiger partial charge in [0.2, 0.25) is 0 Å². The minimum Gasteiger partial charge on any atom is -0.372 e. The first kappa shape index (κ1) is 14.3. The number of halogens is 3. The van der Waals surface area contributed by atoms with Crippen LogP contribution in [0.4, 0.5) is 13.2 Å². The third-order valence-corrected chi connectivity index (χ3v) is 1.58. The van der Waals surface area contributed by atoms with Crippen LogP contribution in [0.15, 0.2) is 0 Å². The van der Waals surface area contributed by atoms with Gasteiger partial charge in [-0.15, -0.1) is 12.3 Å². The van der Waals surface area contributed by atoms with Gasteiger partial charge in [-0.05, 0) is 25.9 Å². The molecular weight excluding hydrogens is 207 g/mol. The van der Waals surface area contributed by atoms with E-state index in [2.05, 4.69) is 16.0 Å². The van der Waals surface area contributed by atoms with Gasteiger partial charge in [-0.1, -0.05) is 0 Å². The monoisotopic (exact) mass is 223 g/mol. The Labute approximate surface area is 88.2 Å². The van der Waals surface area contributed by atoms with Crippen LogP contribution in [0, 0.1) is 12.3 Å². The highest BCUT2D eigenvalue weighted by Gasteiger charge is 2.26. The molecule has 0 spiro atoms. The van der Waals surface area contributed by atoms with Crippen molar-refractivity contribution >= 4 is 0 Å². The fraction of sp³-hybridized carbons (Fsp3) is 0.800. The summed E-state index contributed by atoms with van der Waals surface area (Å²) in [6.45, 7) is 0.414. The van der Waals surface area contributed by atoms with Crippen LogP contribution in [0.3, 0.4) is 0 Å². The van der Waals surface area contributed by atoms with E-state index in [1.54, 1.807) is 0 Å². The molecule has 0 aromatic carbocycles. The summed E-state index contributed by atoms with van der Waals surface area (Å²) in [5.41, 5.74) is 0. The van der Waals surface area contributed by atoms with Crippen molar-refractivity contribution in [1.82, 2.24) is 5.32 Å². The van der Waals surface area contributed by atoms with Crippen molar-refractivity contribution in [2.45, 2.75) is 25.4 Å². The normalized spacial score (nSPS) is 11.3. The second kappa shape index (κ2) is 8.57. The Morgan fingerprint density at radius 1 is 1.20 bits per heavy atom. The van der Waals surface area contributed by atoms with E-state index < -0.39 is 12.8 Å². The molecule has 0 aliphatic rings. The van der Waals surface area contributed by atoms with E-state index in [-0.39, 0.29) is 6.61 Å². The predicted molar refractivity (Wildman–Crippen MR) is 52.4 cm³/mol. The Balaban J connectivity index is 3.03. The van der Waals surface area contributed by atoms with Crippen LogP contribution < -0.4 is 5.32 Å². The molecule has 0 saturated heterocycles. The Morgan fingerprint density at radius 2 is 1.87 bits per heavy atom. The standard InChI is InChI=1S/C10H16F3NO/c1-2-3-4-6-14-7-5-8-15-9-10(11,12)13/h1,14H,3-9H2. The smallest absolute Gasteiger partial charge is 0.372 e. The van der Waals surface area contributed by atoms with Gasteiger partial charge >= 0.3 is 6.18 Å². The molecule has 0 aromatic heterocycles. The van der Waals surface area contributed by atoms with E-state index in [0.717, 1.165) is 19.4 Å². The van der Waals surface area contributed by atoms with Gasteiger partial charge in [0.25, 0.3) is 0 Å². The molecule has 1 N–H and O–H groups in total. The molecule has 0 aromatic rings. The number of rotatable bonds is 8. The Kier molecular flexibility index (Phi) is 8.15. The summed E-state index contributed by atoms with van der Waals surface area (Å²) >= 11 is 0. The van der Waals surface area contributed by atoms with Crippen LogP contribution in [0.1, 0.15) is 19.3 Å². The molecule has 88 valence electrons. The van der Waals surface area contributed by atoms with Crippen LogP contribution in [0.25, 0.3) is 0 Å². The second-order valence-corrected chi connectivity index (χ2v) is 3.08. The molecule has 0 saturated carbocycles. The van der Waals surface area contributed by atoms with Gasteiger partial charge < -0.3 is 10.1 Å². The largest absolute Gasteiger partial charge is 0.411 e. The SMILES string of the molecule is C#CCCCNCCCOCC(F)(F)F. The number of hydrogen-bond acceptors (Lipinski definition) is 2. The van der Waals surface area contributed by atoms with Gasteiger partial charge in [0, 0.05) is 13.0 Å². The molecule has 0 bridgehead atoms. The van der Waals surface area contributed by atoms with E-state index in [9.17, 15) is 13.2 Å². The quantitative estimate of drug-likeness (QED) is 0.501. The number of ether oxygens (including phenoxy) is 1. The van der Waals surface area contributed by atoms with Gasteiger partial charge in [0.1, 0.15) is 6.61 Å². The Bertz CT molecular complexity index is 186. The second-order valence-electron chi connectivity index (χ2n) is 3.08. The fourth-order valence-electron chi connectivity index (χ4n) is 0.928. The molecule has 15 heavy (non-hydrogen) atoms. The summed E-state index contributed by atoms with van der Waals surface area (Å²) in [5.74, 6) is 2.51. The zero-order chi connectivity index (χ0) is 11.6. The maximum absolute atomic E-state index is 11.6. The van der Waals surface area contributed by atoms with E-state index in [0.29, 0.717) is 13.0 Å². The summed E-state index contributed by atoms with van der Waals surface area (Å²) in [6.07, 6.45) is 3.01. The van der Waals surface area contributed by atoms with E-state index in [1.165, 1.54) is 0 Å². The topological polar surface area (TPSA) is 21.3 Å². The van der Waals surface area contributed by atoms with Gasteiger partial charge in [-0.25, -0.2) is 0 Å². The van der Waals surface area contributed by atoms with Crippen molar-refractivity contribution in [2.24, 2.45) is 0 Å². The molecule has 0 radical (unpaired) electrons. The lowest BCUT2D eigenvalue weighted by atomic mass is 10.3. The molecule has 2 nitrogen and oxygen atoms in total. The number of terminal acetylenes is 1. The van der Waals surface area contributed by atoms with Crippen LogP contribution in [-0.4, -0.2) is 32.5 Å². The summed E-state index contributed by atoms with van der Waals surface area (Å²) in [6, 6.07) is 0. The first-order chi connectivity index (χ1) is 7.06. The molecule has 0 aliphatic carbocycles. The van der Waals surface area contributed by atoms with Crippen molar-refractivity contribution in [1.29, 1.82) is 0 Å². The molecule has 0 aliphatic heterocycles. The maximum atomic E-state index is 11.6. The maximum Gasteiger partial charge on any atom is 0.411 e. The van der Waals surface area contributed by atoms with Crippen LogP contribution in [0.2, 0.25) is 0 Å². The Morgan fingerprint density at radius 3 is 2.47 bits per heavy atom. The molecule has 0 heterocycles. The summed E-state index contributed by atoms with van der Waals surface area (Å²) < 4.78 is 39.3. The summed E-state index contributed by atoms with van der Waals surface area (Å²) in [5, 5.41) is 3.06. The molecule has 0 fully saturated rings. The number of nitrogens with one attached hydrogen (secondary N) is 1. The molecular formula is C10H16F3NO. The highest BCUT2D eigenvalue weighted by Crippen LogP contribution is 2.14. The van der Waals surface area contributed by atoms with E-state index >= 15 is 0 Å². The Hall–Kier alpha value is -0.730. The molecule has 0 amide bonds. The third kappa shape index (κ3) is 13.3. The van der Waals surface area contributed by atoms with Crippen molar-refractivity contribution in [3.63, 3.8) is 0 Å². The summed E-state index contributed by atoms with van der Waals surface area (Å²) in [4.78, 5) is 0. The number of unbranched alkanes of at least 4 members (excludes halogenated alkanes) is 1. The first-order valence-corrected chi connectivity index (χ1v) is 4.85. The van der Waals surface area contributed by atoms with E-state index in [4.69, 9.17) is 6.42 Å². The van der Waals surface area contributed by atoms with Gasteiger partial charge in [-0.3, -0.25) is 0 Å². The van der Waals surface area contributed by atoms with Gasteiger partial charge in [-0.2, -0.15) is 13.2 Å². The average molecular weight is 223 g/mol. The van der Waals surface area contributed by atoms with Gasteiger partial charge in [0.15, 0.2) is 0 Å². The van der Waals surface area contributed by atoms with Crippen LogP contribution in [0.5, 0.6) is 0 Å². The predicted octanol–water partition coefficient (Wildman–Crippen LogP) is 1.96. The first-order valence-electron chi connectivity index (χ1n) is 4.85. The minimum absolute atomic E-state index is 0.127. The summed E-state index contributed by atoms with van der Waals surface area (Å²) in [7, 11) is 0. The number of alkyl halides is 3. The van der Waals surface area contributed by atoms with E-state index in [1.807, 2.05) is 0 Å². The van der Waals surface area contributed by atoms with Crippen LogP contribution >= 0.6 is 0 Å². The minimum atomic E-state index is -4.22. The lowest BCUT2D eigenvalue weighted by Gasteiger charge is -2.07. The van der Waals surface area contributed by atoms with Crippen molar-refractivity contribution in [2.75, 3.05) is 26.3 Å². The fourth-order valence-corrected chi connectivity index (χ4v) is 0.928.